The van der Waals surface area contributed by atoms with Crippen molar-refractivity contribution in [1.82, 2.24) is 5.32 Å². The predicted molar refractivity (Wildman–Crippen MR) is 87.6 cm³/mol. The van der Waals surface area contributed by atoms with E-state index in [0.29, 0.717) is 6.04 Å². The minimum Gasteiger partial charge on any atom is -0.497 e. The summed E-state index contributed by atoms with van der Waals surface area (Å²) in [7, 11) is 3.40. The van der Waals surface area contributed by atoms with Gasteiger partial charge in [-0.05, 0) is 44.4 Å². The molecule has 0 bridgehead atoms. The Morgan fingerprint density at radius 1 is 1.33 bits per heavy atom. The van der Waals surface area contributed by atoms with E-state index < -0.39 is 0 Å². The average Bonchev–Trinajstić information content (AvgIpc) is 2.94. The molecule has 1 aromatic carbocycles. The maximum absolute atomic E-state index is 5.52. The number of ether oxygens (including phenoxy) is 2. The van der Waals surface area contributed by atoms with Crippen molar-refractivity contribution in [3.8, 4) is 11.5 Å². The van der Waals surface area contributed by atoms with Crippen molar-refractivity contribution in [2.24, 2.45) is 5.92 Å². The van der Waals surface area contributed by atoms with Crippen LogP contribution in [0.1, 0.15) is 26.7 Å². The van der Waals surface area contributed by atoms with Crippen molar-refractivity contribution in [2.45, 2.75) is 32.7 Å². The molecule has 0 aliphatic carbocycles. The Morgan fingerprint density at radius 3 is 2.81 bits per heavy atom. The van der Waals surface area contributed by atoms with Gasteiger partial charge in [-0.1, -0.05) is 6.92 Å². The molecule has 2 atom stereocenters. The molecule has 0 aromatic heterocycles. The van der Waals surface area contributed by atoms with Gasteiger partial charge in [0.05, 0.1) is 19.9 Å². The first-order chi connectivity index (χ1) is 10.2. The van der Waals surface area contributed by atoms with Crippen molar-refractivity contribution >= 4 is 5.69 Å². The lowest BCUT2D eigenvalue weighted by molar-refractivity contribution is 0.394. The summed E-state index contributed by atoms with van der Waals surface area (Å²) in [5, 5.41) is 3.50. The highest BCUT2D eigenvalue weighted by molar-refractivity contribution is 5.61. The molecule has 0 spiro atoms. The third-order valence-electron chi connectivity index (χ3n) is 4.25. The molecule has 0 radical (unpaired) electrons. The molecule has 1 N–H and O–H groups in total. The Kier molecular flexibility index (Phi) is 5.74. The van der Waals surface area contributed by atoms with E-state index in [4.69, 9.17) is 9.47 Å². The normalized spacial score (nSPS) is 19.6. The average molecular weight is 292 g/mol. The summed E-state index contributed by atoms with van der Waals surface area (Å²) in [5.74, 6) is 2.49. The zero-order valence-corrected chi connectivity index (χ0v) is 13.7. The van der Waals surface area contributed by atoms with Crippen LogP contribution in [0.2, 0.25) is 0 Å². The van der Waals surface area contributed by atoms with Gasteiger partial charge >= 0.3 is 0 Å². The third-order valence-corrected chi connectivity index (χ3v) is 4.25. The molecule has 0 saturated carbocycles. The molecular weight excluding hydrogens is 264 g/mol. The molecule has 1 aliphatic heterocycles. The van der Waals surface area contributed by atoms with Crippen LogP contribution in [0.4, 0.5) is 5.69 Å². The van der Waals surface area contributed by atoms with Crippen molar-refractivity contribution in [2.75, 3.05) is 38.8 Å². The minimum absolute atomic E-state index is 0.595. The van der Waals surface area contributed by atoms with Crippen LogP contribution in [0.5, 0.6) is 11.5 Å². The van der Waals surface area contributed by atoms with Gasteiger partial charge in [0.15, 0.2) is 0 Å². The molecule has 1 aliphatic rings. The van der Waals surface area contributed by atoms with Crippen LogP contribution in [0.25, 0.3) is 0 Å². The van der Waals surface area contributed by atoms with Crippen molar-refractivity contribution in [3.05, 3.63) is 18.2 Å². The molecule has 118 valence electrons. The minimum atomic E-state index is 0.595. The first kappa shape index (κ1) is 16.0. The summed E-state index contributed by atoms with van der Waals surface area (Å²) in [6.07, 6.45) is 2.49. The van der Waals surface area contributed by atoms with E-state index in [1.807, 2.05) is 12.1 Å². The standard InChI is InChI=1S/C17H28N2O2/c1-5-18-13(2)10-14-8-9-19(12-14)16-7-6-15(20-3)11-17(16)21-4/h6-7,11,13-14,18H,5,8-10,12H2,1-4H3. The summed E-state index contributed by atoms with van der Waals surface area (Å²) in [5.41, 5.74) is 1.18. The zero-order valence-electron chi connectivity index (χ0n) is 13.7. The van der Waals surface area contributed by atoms with Gasteiger partial charge in [0.1, 0.15) is 11.5 Å². The SMILES string of the molecule is CCNC(C)CC1CCN(c2ccc(OC)cc2OC)C1. The van der Waals surface area contributed by atoms with E-state index in [1.165, 1.54) is 18.5 Å². The maximum Gasteiger partial charge on any atom is 0.145 e. The lowest BCUT2D eigenvalue weighted by atomic mass is 10.00. The molecule has 21 heavy (non-hydrogen) atoms. The Labute approximate surface area is 128 Å². The fraction of sp³-hybridized carbons (Fsp3) is 0.647. The lowest BCUT2D eigenvalue weighted by Crippen LogP contribution is -2.29. The highest BCUT2D eigenvalue weighted by Crippen LogP contribution is 2.35. The lowest BCUT2D eigenvalue weighted by Gasteiger charge is -2.22. The van der Waals surface area contributed by atoms with Crippen molar-refractivity contribution in [3.63, 3.8) is 0 Å². The van der Waals surface area contributed by atoms with Gasteiger partial charge in [-0.3, -0.25) is 0 Å². The van der Waals surface area contributed by atoms with E-state index >= 15 is 0 Å². The second kappa shape index (κ2) is 7.55. The van der Waals surface area contributed by atoms with Gasteiger partial charge in [0, 0.05) is 25.2 Å². The monoisotopic (exact) mass is 292 g/mol. The first-order valence-corrected chi connectivity index (χ1v) is 7.88. The molecule has 4 heteroatoms. The number of methoxy groups -OCH3 is 2. The molecule has 1 heterocycles. The Bertz CT molecular complexity index is 450. The van der Waals surface area contributed by atoms with Crippen LogP contribution < -0.4 is 19.7 Å². The van der Waals surface area contributed by atoms with Gasteiger partial charge in [0.25, 0.3) is 0 Å². The Morgan fingerprint density at radius 2 is 2.14 bits per heavy atom. The fourth-order valence-electron chi connectivity index (χ4n) is 3.22. The van der Waals surface area contributed by atoms with Crippen molar-refractivity contribution < 1.29 is 9.47 Å². The fourth-order valence-corrected chi connectivity index (χ4v) is 3.22. The van der Waals surface area contributed by atoms with Crippen LogP contribution >= 0.6 is 0 Å². The topological polar surface area (TPSA) is 33.7 Å². The molecule has 1 fully saturated rings. The number of rotatable bonds is 7. The van der Waals surface area contributed by atoms with Gasteiger partial charge in [-0.25, -0.2) is 0 Å². The van der Waals surface area contributed by atoms with Gasteiger partial charge < -0.3 is 19.7 Å². The number of anilines is 1. The second-order valence-corrected chi connectivity index (χ2v) is 5.83. The molecule has 2 rings (SSSR count). The molecule has 2 unspecified atom stereocenters. The van der Waals surface area contributed by atoms with E-state index in [2.05, 4.69) is 30.1 Å². The molecule has 4 nitrogen and oxygen atoms in total. The molecular formula is C17H28N2O2. The predicted octanol–water partition coefficient (Wildman–Crippen LogP) is 2.92. The number of nitrogens with zero attached hydrogens (tertiary/aromatic N) is 1. The number of nitrogens with one attached hydrogen (secondary N) is 1. The van der Waals surface area contributed by atoms with E-state index in [0.717, 1.165) is 37.1 Å². The first-order valence-electron chi connectivity index (χ1n) is 7.88. The molecule has 1 aromatic rings. The number of benzene rings is 1. The molecule has 0 amide bonds. The highest BCUT2D eigenvalue weighted by atomic mass is 16.5. The quantitative estimate of drug-likeness (QED) is 0.838. The zero-order chi connectivity index (χ0) is 15.2. The Balaban J connectivity index is 2.00. The van der Waals surface area contributed by atoms with Crippen LogP contribution in [0.15, 0.2) is 18.2 Å². The van der Waals surface area contributed by atoms with Gasteiger partial charge in [-0.2, -0.15) is 0 Å². The summed E-state index contributed by atoms with van der Waals surface area (Å²) in [6, 6.07) is 6.67. The van der Waals surface area contributed by atoms with E-state index in [-0.39, 0.29) is 0 Å². The summed E-state index contributed by atoms with van der Waals surface area (Å²) in [4.78, 5) is 2.43. The summed E-state index contributed by atoms with van der Waals surface area (Å²) < 4.78 is 10.8. The molecule has 1 saturated heterocycles. The second-order valence-electron chi connectivity index (χ2n) is 5.83. The smallest absolute Gasteiger partial charge is 0.145 e. The Hall–Kier alpha value is -1.42. The van der Waals surface area contributed by atoms with Gasteiger partial charge in [-0.15, -0.1) is 0 Å². The maximum atomic E-state index is 5.52. The van der Waals surface area contributed by atoms with E-state index in [9.17, 15) is 0 Å². The van der Waals surface area contributed by atoms with E-state index in [1.54, 1.807) is 14.2 Å². The number of hydrogen-bond donors (Lipinski definition) is 1. The van der Waals surface area contributed by atoms with Gasteiger partial charge in [0.2, 0.25) is 0 Å². The van der Waals surface area contributed by atoms with Crippen LogP contribution in [-0.2, 0) is 0 Å². The van der Waals surface area contributed by atoms with Crippen LogP contribution in [0.3, 0.4) is 0 Å². The van der Waals surface area contributed by atoms with Crippen LogP contribution in [0, 0.1) is 5.92 Å². The summed E-state index contributed by atoms with van der Waals surface area (Å²) in [6.45, 7) is 7.70. The highest BCUT2D eigenvalue weighted by Gasteiger charge is 2.25. The largest absolute Gasteiger partial charge is 0.497 e. The summed E-state index contributed by atoms with van der Waals surface area (Å²) >= 11 is 0. The third kappa shape index (κ3) is 4.03. The number of hydrogen-bond acceptors (Lipinski definition) is 4. The van der Waals surface area contributed by atoms with Crippen molar-refractivity contribution in [1.29, 1.82) is 0 Å². The van der Waals surface area contributed by atoms with Crippen LogP contribution in [-0.4, -0.2) is 39.9 Å².